The van der Waals surface area contributed by atoms with E-state index in [9.17, 15) is 8.42 Å². The van der Waals surface area contributed by atoms with E-state index in [1.54, 1.807) is 18.2 Å². The molecule has 0 atom stereocenters. The number of rotatable bonds is 2. The Balaban J connectivity index is 1.84. The van der Waals surface area contributed by atoms with Crippen molar-refractivity contribution >= 4 is 26.6 Å². The third-order valence-corrected chi connectivity index (χ3v) is 6.75. The summed E-state index contributed by atoms with van der Waals surface area (Å²) in [4.78, 5) is 4.58. The average molecular weight is 440 g/mol. The molecule has 0 saturated heterocycles. The van der Waals surface area contributed by atoms with E-state index in [1.807, 2.05) is 33.9 Å². The molecule has 9 heteroatoms. The molecule has 2 aromatic heterocycles. The van der Waals surface area contributed by atoms with Gasteiger partial charge in [-0.25, -0.2) is 17.8 Å². The molecular formula is C22H22FN5O2S. The van der Waals surface area contributed by atoms with E-state index < -0.39 is 15.6 Å². The summed E-state index contributed by atoms with van der Waals surface area (Å²) in [6.07, 6.45) is 4.38. The molecule has 31 heavy (non-hydrogen) atoms. The number of halogens is 1. The summed E-state index contributed by atoms with van der Waals surface area (Å²) in [5.74, 6) is 0.460. The molecule has 0 saturated carbocycles. The molecule has 5 rings (SSSR count). The highest BCUT2D eigenvalue weighted by atomic mass is 32.2. The maximum Gasteiger partial charge on any atom is 0.251 e. The van der Waals surface area contributed by atoms with E-state index in [1.165, 1.54) is 12.3 Å². The highest BCUT2D eigenvalue weighted by molar-refractivity contribution is 7.89. The lowest BCUT2D eigenvalue weighted by Crippen LogP contribution is -2.36. The van der Waals surface area contributed by atoms with Crippen molar-refractivity contribution in [3.63, 3.8) is 0 Å². The maximum absolute atomic E-state index is 15.5. The number of imidazole rings is 1. The van der Waals surface area contributed by atoms with E-state index in [4.69, 9.17) is 0 Å². The molecule has 2 aromatic carbocycles. The topological polar surface area (TPSA) is 81.8 Å². The number of aryl methyl sites for hydroxylation is 1. The SMILES string of the molecule is Cc1c(-c2cccc3c2cnn3S(C)(=O)=O)c(F)cc2c1-n1c(C)cnc1C(C)(C)N2. The molecule has 0 aliphatic carbocycles. The summed E-state index contributed by atoms with van der Waals surface area (Å²) >= 11 is 0. The Hall–Kier alpha value is -3.20. The first-order chi connectivity index (χ1) is 14.5. The standard InChI is InChI=1S/C22H22FN5O2S/c1-12-10-24-21-22(3,4)26-17-9-16(23)19(13(2)20(17)27(12)21)14-7-6-8-18-15(14)11-25-28(18)31(5,29)30/h6-11,26H,1-5H3. The molecule has 0 radical (unpaired) electrons. The van der Waals surface area contributed by atoms with Crippen molar-refractivity contribution in [1.29, 1.82) is 0 Å². The number of nitrogens with zero attached hydrogens (tertiary/aromatic N) is 4. The minimum atomic E-state index is -3.58. The fraction of sp³-hybridized carbons (Fsp3) is 0.273. The van der Waals surface area contributed by atoms with E-state index in [0.717, 1.165) is 33.1 Å². The van der Waals surface area contributed by atoms with Gasteiger partial charge < -0.3 is 5.32 Å². The van der Waals surface area contributed by atoms with Crippen molar-refractivity contribution in [3.05, 3.63) is 59.6 Å². The van der Waals surface area contributed by atoms with Crippen molar-refractivity contribution in [3.8, 4) is 16.8 Å². The smallest absolute Gasteiger partial charge is 0.251 e. The Morgan fingerprint density at radius 2 is 1.90 bits per heavy atom. The number of nitrogens with one attached hydrogen (secondary N) is 1. The van der Waals surface area contributed by atoms with Crippen LogP contribution in [-0.2, 0) is 15.6 Å². The highest BCUT2D eigenvalue weighted by Crippen LogP contribution is 2.44. The number of benzene rings is 2. The summed E-state index contributed by atoms with van der Waals surface area (Å²) in [6, 6.07) is 6.67. The van der Waals surface area contributed by atoms with Crippen LogP contribution in [0.5, 0.6) is 0 Å². The van der Waals surface area contributed by atoms with Crippen LogP contribution in [0, 0.1) is 19.7 Å². The largest absolute Gasteiger partial charge is 0.371 e. The second-order valence-corrected chi connectivity index (χ2v) is 10.4. The van der Waals surface area contributed by atoms with Crippen LogP contribution in [0.25, 0.3) is 27.7 Å². The van der Waals surface area contributed by atoms with Gasteiger partial charge in [0.05, 0.1) is 34.9 Å². The van der Waals surface area contributed by atoms with Gasteiger partial charge in [-0.05, 0) is 51.0 Å². The van der Waals surface area contributed by atoms with Crippen LogP contribution in [0.3, 0.4) is 0 Å². The van der Waals surface area contributed by atoms with Gasteiger partial charge in [-0.3, -0.25) is 4.57 Å². The molecule has 3 heterocycles. The number of hydrogen-bond donors (Lipinski definition) is 1. The van der Waals surface area contributed by atoms with Crippen LogP contribution >= 0.6 is 0 Å². The summed E-state index contributed by atoms with van der Waals surface area (Å²) in [5, 5.41) is 8.02. The first kappa shape index (κ1) is 19.7. The predicted octanol–water partition coefficient (Wildman–Crippen LogP) is 4.11. The normalized spacial score (nSPS) is 14.9. The number of fused-ring (bicyclic) bond motifs is 4. The van der Waals surface area contributed by atoms with Crippen LogP contribution in [-0.4, -0.2) is 33.4 Å². The van der Waals surface area contributed by atoms with Gasteiger partial charge in [-0.1, -0.05) is 12.1 Å². The van der Waals surface area contributed by atoms with Crippen molar-refractivity contribution in [2.45, 2.75) is 33.2 Å². The molecule has 0 amide bonds. The summed E-state index contributed by atoms with van der Waals surface area (Å²) in [6.45, 7) is 7.87. The maximum atomic E-state index is 15.5. The van der Waals surface area contributed by atoms with Crippen LogP contribution in [0.1, 0.15) is 30.9 Å². The van der Waals surface area contributed by atoms with Crippen LogP contribution < -0.4 is 5.32 Å². The Labute approximate surface area is 179 Å². The Morgan fingerprint density at radius 1 is 1.16 bits per heavy atom. The monoisotopic (exact) mass is 439 g/mol. The van der Waals surface area contributed by atoms with Gasteiger partial charge in [-0.2, -0.15) is 9.19 Å². The molecule has 1 aliphatic rings. The zero-order valence-electron chi connectivity index (χ0n) is 17.9. The van der Waals surface area contributed by atoms with E-state index in [2.05, 4.69) is 20.0 Å². The molecule has 1 aliphatic heterocycles. The Morgan fingerprint density at radius 3 is 2.61 bits per heavy atom. The highest BCUT2D eigenvalue weighted by Gasteiger charge is 2.35. The minimum absolute atomic E-state index is 0.389. The summed E-state index contributed by atoms with van der Waals surface area (Å²) < 4.78 is 42.8. The fourth-order valence-corrected chi connectivity index (χ4v) is 5.28. The molecule has 0 fully saturated rings. The van der Waals surface area contributed by atoms with Gasteiger partial charge in [-0.15, -0.1) is 0 Å². The molecule has 1 N–H and O–H groups in total. The van der Waals surface area contributed by atoms with E-state index >= 15 is 4.39 Å². The van der Waals surface area contributed by atoms with Gasteiger partial charge in [0.1, 0.15) is 11.6 Å². The van der Waals surface area contributed by atoms with Crippen LogP contribution in [0.15, 0.2) is 36.7 Å². The molecule has 160 valence electrons. The quantitative estimate of drug-likeness (QED) is 0.508. The van der Waals surface area contributed by atoms with Crippen molar-refractivity contribution < 1.29 is 12.8 Å². The van der Waals surface area contributed by atoms with Gasteiger partial charge in [0.2, 0.25) is 0 Å². The second kappa shape index (κ2) is 6.16. The third kappa shape index (κ3) is 2.72. The number of aromatic nitrogens is 4. The molecule has 0 spiro atoms. The lowest BCUT2D eigenvalue weighted by molar-refractivity contribution is 0.534. The van der Waals surface area contributed by atoms with Crippen molar-refractivity contribution in [2.24, 2.45) is 0 Å². The zero-order chi connectivity index (χ0) is 22.3. The Kier molecular flexibility index (Phi) is 3.93. The van der Waals surface area contributed by atoms with E-state index in [0.29, 0.717) is 27.7 Å². The second-order valence-electron chi connectivity index (χ2n) is 8.55. The van der Waals surface area contributed by atoms with Gasteiger partial charge in [0.15, 0.2) is 0 Å². The predicted molar refractivity (Wildman–Crippen MR) is 119 cm³/mol. The molecule has 7 nitrogen and oxygen atoms in total. The van der Waals surface area contributed by atoms with Crippen LogP contribution in [0.2, 0.25) is 0 Å². The van der Waals surface area contributed by atoms with Gasteiger partial charge in [0.25, 0.3) is 10.0 Å². The summed E-state index contributed by atoms with van der Waals surface area (Å²) in [7, 11) is -3.58. The van der Waals surface area contributed by atoms with Gasteiger partial charge >= 0.3 is 0 Å². The minimum Gasteiger partial charge on any atom is -0.371 e. The lowest BCUT2D eigenvalue weighted by Gasteiger charge is -2.36. The van der Waals surface area contributed by atoms with Crippen LogP contribution in [0.4, 0.5) is 10.1 Å². The van der Waals surface area contributed by atoms with Crippen molar-refractivity contribution in [2.75, 3.05) is 11.6 Å². The van der Waals surface area contributed by atoms with E-state index in [-0.39, 0.29) is 5.82 Å². The Bertz CT molecular complexity index is 1500. The molecule has 4 aromatic rings. The lowest BCUT2D eigenvalue weighted by atomic mass is 9.92. The number of hydrogen-bond acceptors (Lipinski definition) is 5. The first-order valence-electron chi connectivity index (χ1n) is 9.85. The summed E-state index contributed by atoms with van der Waals surface area (Å²) in [5.41, 5.74) is 4.18. The molecule has 0 bridgehead atoms. The molecule has 0 unspecified atom stereocenters. The number of anilines is 1. The average Bonchev–Trinajstić information content (AvgIpc) is 3.26. The molecular weight excluding hydrogens is 417 g/mol. The third-order valence-electron chi connectivity index (χ3n) is 5.83. The first-order valence-corrected chi connectivity index (χ1v) is 11.7. The fourth-order valence-electron chi connectivity index (χ4n) is 4.54. The zero-order valence-corrected chi connectivity index (χ0v) is 18.7. The van der Waals surface area contributed by atoms with Crippen molar-refractivity contribution in [1.82, 2.24) is 18.7 Å². The van der Waals surface area contributed by atoms with Gasteiger partial charge in [0, 0.05) is 22.8 Å².